The number of halogens is 1. The number of carbonyl (C=O) groups is 4. The Labute approximate surface area is 322 Å². The number of aryl methyl sites for hydroxylation is 1. The van der Waals surface area contributed by atoms with E-state index in [2.05, 4.69) is 40.3 Å². The third kappa shape index (κ3) is 9.27. The summed E-state index contributed by atoms with van der Waals surface area (Å²) in [6.45, 7) is 3.78. The van der Waals surface area contributed by atoms with Crippen molar-refractivity contribution in [1.82, 2.24) is 50.6 Å². The molecular weight excluding hydrogens is 723 g/mol. The lowest BCUT2D eigenvalue weighted by Gasteiger charge is -2.30. The van der Waals surface area contributed by atoms with Crippen LogP contribution in [0.3, 0.4) is 0 Å². The molecule has 2 unspecified atom stereocenters. The Morgan fingerprint density at radius 3 is 2.36 bits per heavy atom. The van der Waals surface area contributed by atoms with Gasteiger partial charge in [0.05, 0.1) is 73.5 Å². The minimum Gasteiger partial charge on any atom is -0.453 e. The highest BCUT2D eigenvalue weighted by Gasteiger charge is 2.37. The monoisotopic (exact) mass is 768 g/mol. The Morgan fingerprint density at radius 2 is 1.61 bits per heavy atom. The molecule has 5 aromatic rings. The fourth-order valence-corrected chi connectivity index (χ4v) is 6.59. The zero-order chi connectivity index (χ0) is 39.8. The first kappa shape index (κ1) is 39.3. The van der Waals surface area contributed by atoms with Crippen LogP contribution >= 0.6 is 0 Å². The number of fused-ring (bicyclic) bond motifs is 1. The number of imidazole rings is 2. The van der Waals surface area contributed by atoms with Gasteiger partial charge in [0.2, 0.25) is 5.91 Å². The lowest BCUT2D eigenvalue weighted by molar-refractivity contribution is -0.145. The molecule has 6 rings (SSSR count). The first-order valence-electron chi connectivity index (χ1n) is 18.4. The summed E-state index contributed by atoms with van der Waals surface area (Å²) >= 11 is 0. The number of unbranched alkanes of at least 4 members (excludes halogenated alkanes) is 1. The van der Waals surface area contributed by atoms with Crippen LogP contribution < -0.4 is 10.6 Å². The van der Waals surface area contributed by atoms with Crippen molar-refractivity contribution >= 4 is 35.0 Å². The Hall–Kier alpha value is -6.39. The summed E-state index contributed by atoms with van der Waals surface area (Å²) in [7, 11) is 2.44. The summed E-state index contributed by atoms with van der Waals surface area (Å²) in [5.74, 6) is 0.314. The van der Waals surface area contributed by atoms with Crippen molar-refractivity contribution in [2.75, 3.05) is 33.9 Å². The van der Waals surface area contributed by atoms with Crippen LogP contribution in [0.25, 0.3) is 44.8 Å². The number of hydrogen-bond donors (Lipinski definition) is 4. The first-order chi connectivity index (χ1) is 27.0. The molecule has 0 saturated carbocycles. The number of amides is 4. The molecule has 1 fully saturated rings. The van der Waals surface area contributed by atoms with Crippen molar-refractivity contribution in [1.29, 1.82) is 0 Å². The number of methoxy groups -OCH3 is 2. The minimum absolute atomic E-state index is 0.0893. The van der Waals surface area contributed by atoms with E-state index in [9.17, 15) is 23.7 Å². The summed E-state index contributed by atoms with van der Waals surface area (Å²) in [5.41, 5.74) is 6.52. The van der Waals surface area contributed by atoms with Gasteiger partial charge < -0.3 is 35.0 Å². The number of nitrogens with zero attached hydrogens (tertiary/aromatic N) is 6. The van der Waals surface area contributed by atoms with Crippen molar-refractivity contribution in [3.63, 3.8) is 0 Å². The molecule has 1 aliphatic rings. The van der Waals surface area contributed by atoms with Gasteiger partial charge in [0.25, 0.3) is 5.91 Å². The maximum Gasteiger partial charge on any atom is 0.407 e. The second-order valence-electron chi connectivity index (χ2n) is 13.8. The van der Waals surface area contributed by atoms with Crippen molar-refractivity contribution in [3.8, 4) is 33.8 Å². The molecule has 1 saturated heterocycles. The van der Waals surface area contributed by atoms with Gasteiger partial charge in [0.15, 0.2) is 0 Å². The molecule has 294 valence electrons. The predicted molar refractivity (Wildman–Crippen MR) is 204 cm³/mol. The summed E-state index contributed by atoms with van der Waals surface area (Å²) in [4.78, 5) is 75.4. The molecule has 0 bridgehead atoms. The number of hydrogen-bond acceptors (Lipinski definition) is 10. The fraction of sp³-hybridized carbons (Fsp3) is 0.385. The van der Waals surface area contributed by atoms with Gasteiger partial charge in [-0.3, -0.25) is 14.6 Å². The predicted octanol–water partition coefficient (Wildman–Crippen LogP) is 5.51. The van der Waals surface area contributed by atoms with Gasteiger partial charge >= 0.3 is 12.2 Å². The van der Waals surface area contributed by atoms with E-state index in [-0.39, 0.29) is 29.5 Å². The highest BCUT2D eigenvalue weighted by Crippen LogP contribution is 2.33. The number of alkyl carbamates (subject to hydrolysis) is 2. The first-order valence-corrected chi connectivity index (χ1v) is 18.4. The van der Waals surface area contributed by atoms with Crippen molar-refractivity contribution < 1.29 is 33.1 Å². The molecule has 2 aromatic carbocycles. The molecule has 56 heavy (non-hydrogen) atoms. The molecule has 0 aliphatic carbocycles. The SMILES string of the molecule is COC(=O)NCC(=O)N(F)CCCCc1ncc(-c2ccc3nc(-c4ccc(-c5cnc(C6CCCN6C(=O)C(NC(=O)OC)C(C)C)[nH]5)cc4)cnc3c2)[nH]1. The van der Waals surface area contributed by atoms with Crippen molar-refractivity contribution in [3.05, 3.63) is 72.7 Å². The second kappa shape index (κ2) is 17.8. The van der Waals surface area contributed by atoms with E-state index in [1.165, 1.54) is 7.11 Å². The van der Waals surface area contributed by atoms with E-state index in [1.54, 1.807) is 23.5 Å². The topological polar surface area (TPSA) is 200 Å². The van der Waals surface area contributed by atoms with Crippen LogP contribution in [-0.2, 0) is 25.5 Å². The Balaban J connectivity index is 1.05. The second-order valence-corrected chi connectivity index (χ2v) is 13.8. The number of aromatic amines is 2. The van der Waals surface area contributed by atoms with Crippen LogP contribution in [0.2, 0.25) is 0 Å². The van der Waals surface area contributed by atoms with Crippen LogP contribution in [0.15, 0.2) is 61.1 Å². The van der Waals surface area contributed by atoms with Gasteiger partial charge in [-0.15, -0.1) is 0 Å². The third-order valence-corrected chi connectivity index (χ3v) is 9.67. The maximum atomic E-state index is 14.0. The average molecular weight is 769 g/mol. The standard InChI is InChI=1S/C39H45FN10O6/c1-23(2)35(48-39(54)56-4)37(52)49-16-7-8-32(49)36-43-21-30(47-36)25-12-10-24(11-13-25)29-19-41-28-18-26(14-15-27(28)45-29)31-20-42-33(46-31)9-5-6-17-50(40)34(51)22-44-38(53)55-3/h10-15,18-21,23,32,35H,5-9,16-17,22H2,1-4H3,(H,42,46)(H,43,47)(H,44,53)(H,48,54). The number of nitrogens with one attached hydrogen (secondary N) is 4. The number of carbonyl (C=O) groups excluding carboxylic acids is 4. The van der Waals surface area contributed by atoms with Gasteiger partial charge in [0, 0.05) is 24.1 Å². The van der Waals surface area contributed by atoms with Crippen molar-refractivity contribution in [2.24, 2.45) is 5.92 Å². The van der Waals surface area contributed by atoms with E-state index in [4.69, 9.17) is 9.72 Å². The molecule has 3 aromatic heterocycles. The summed E-state index contributed by atoms with van der Waals surface area (Å²) in [5, 5.41) is 4.93. The lowest BCUT2D eigenvalue weighted by atomic mass is 10.0. The smallest absolute Gasteiger partial charge is 0.407 e. The molecule has 0 spiro atoms. The number of H-pyrrole nitrogens is 2. The van der Waals surface area contributed by atoms with E-state index in [0.717, 1.165) is 70.6 Å². The Bertz CT molecular complexity index is 2170. The summed E-state index contributed by atoms with van der Waals surface area (Å²) in [6, 6.07) is 12.8. The van der Waals surface area contributed by atoms with Gasteiger partial charge in [0.1, 0.15) is 24.2 Å². The summed E-state index contributed by atoms with van der Waals surface area (Å²) in [6.07, 6.45) is 6.99. The van der Waals surface area contributed by atoms with Crippen LogP contribution in [0.4, 0.5) is 14.1 Å². The van der Waals surface area contributed by atoms with Crippen LogP contribution in [0.1, 0.15) is 57.2 Å². The molecule has 16 nitrogen and oxygen atoms in total. The summed E-state index contributed by atoms with van der Waals surface area (Å²) < 4.78 is 23.1. The number of aromatic nitrogens is 6. The van der Waals surface area contributed by atoms with E-state index >= 15 is 0 Å². The van der Waals surface area contributed by atoms with Gasteiger partial charge in [-0.2, -0.15) is 5.12 Å². The van der Waals surface area contributed by atoms with Gasteiger partial charge in [-0.05, 0) is 49.3 Å². The van der Waals surface area contributed by atoms with Gasteiger partial charge in [-0.1, -0.05) is 48.7 Å². The van der Waals surface area contributed by atoms with Crippen LogP contribution in [0, 0.1) is 5.92 Å². The minimum atomic E-state index is -0.849. The molecule has 4 heterocycles. The third-order valence-electron chi connectivity index (χ3n) is 9.67. The zero-order valence-corrected chi connectivity index (χ0v) is 31.7. The number of rotatable bonds is 14. The lowest BCUT2D eigenvalue weighted by Crippen LogP contribution is -2.51. The fourth-order valence-electron chi connectivity index (χ4n) is 6.59. The highest BCUT2D eigenvalue weighted by atomic mass is 19.2. The quantitative estimate of drug-likeness (QED) is 0.0825. The molecular formula is C39H45FN10O6. The molecule has 2 atom stereocenters. The molecule has 17 heteroatoms. The van der Waals surface area contributed by atoms with Gasteiger partial charge in [-0.25, -0.2) is 24.5 Å². The number of ether oxygens (including phenoxy) is 2. The Kier molecular flexibility index (Phi) is 12.5. The van der Waals surface area contributed by atoms with E-state index in [1.807, 2.05) is 56.3 Å². The molecule has 4 N–H and O–H groups in total. The molecule has 1 aliphatic heterocycles. The van der Waals surface area contributed by atoms with Crippen LogP contribution in [-0.4, -0.2) is 104 Å². The van der Waals surface area contributed by atoms with E-state index < -0.39 is 30.7 Å². The Morgan fingerprint density at radius 1 is 0.893 bits per heavy atom. The van der Waals surface area contributed by atoms with Crippen molar-refractivity contribution in [2.45, 2.75) is 58.0 Å². The number of benzene rings is 2. The maximum absolute atomic E-state index is 14.0. The molecule has 4 amide bonds. The zero-order valence-electron chi connectivity index (χ0n) is 31.7. The highest BCUT2D eigenvalue weighted by molar-refractivity contribution is 5.86. The molecule has 0 radical (unpaired) electrons. The van der Waals surface area contributed by atoms with E-state index in [0.29, 0.717) is 31.6 Å². The largest absolute Gasteiger partial charge is 0.453 e. The van der Waals surface area contributed by atoms with Crippen LogP contribution in [0.5, 0.6) is 0 Å². The normalized spacial score (nSPS) is 14.5. The number of likely N-dealkylation sites (tertiary alicyclic amines) is 1. The average Bonchev–Trinajstić information content (AvgIpc) is 4.01.